The van der Waals surface area contributed by atoms with Gasteiger partial charge in [0.05, 0.1) is 25.6 Å². The van der Waals surface area contributed by atoms with Gasteiger partial charge in [0.15, 0.2) is 0 Å². The molecule has 1 heterocycles. The largest absolute Gasteiger partial charge is 0.469 e. The van der Waals surface area contributed by atoms with Crippen LogP contribution in [0, 0.1) is 10.1 Å². The van der Waals surface area contributed by atoms with Gasteiger partial charge in [0.2, 0.25) is 0 Å². The highest BCUT2D eigenvalue weighted by Gasteiger charge is 2.19. The van der Waals surface area contributed by atoms with E-state index in [1.807, 2.05) is 0 Å². The SMILES string of the molecule is COC(=O)C[C@@H](N)c1ccc([N+](=O)[O-])o1.Cl. The Bertz CT molecular complexity index is 378. The Hall–Kier alpha value is -1.60. The minimum absolute atomic E-state index is 0. The van der Waals surface area contributed by atoms with Crippen molar-refractivity contribution in [1.82, 2.24) is 0 Å². The fourth-order valence-electron chi connectivity index (χ4n) is 1.00. The van der Waals surface area contributed by atoms with Gasteiger partial charge in [0.1, 0.15) is 10.7 Å². The van der Waals surface area contributed by atoms with Crippen molar-refractivity contribution in [3.8, 4) is 0 Å². The highest BCUT2D eigenvalue weighted by atomic mass is 35.5. The van der Waals surface area contributed by atoms with Crippen LogP contribution in [0.2, 0.25) is 0 Å². The topological polar surface area (TPSA) is 109 Å². The zero-order valence-electron chi connectivity index (χ0n) is 8.41. The maximum atomic E-state index is 10.9. The van der Waals surface area contributed by atoms with E-state index in [1.54, 1.807) is 0 Å². The van der Waals surface area contributed by atoms with Gasteiger partial charge < -0.3 is 14.9 Å². The fraction of sp³-hybridized carbons (Fsp3) is 0.375. The van der Waals surface area contributed by atoms with Crippen LogP contribution in [0.5, 0.6) is 0 Å². The van der Waals surface area contributed by atoms with Crippen molar-refractivity contribution in [2.45, 2.75) is 12.5 Å². The van der Waals surface area contributed by atoms with Gasteiger partial charge in [-0.3, -0.25) is 14.9 Å². The monoisotopic (exact) mass is 250 g/mol. The average molecular weight is 251 g/mol. The molecule has 7 nitrogen and oxygen atoms in total. The summed E-state index contributed by atoms with van der Waals surface area (Å²) in [5.74, 6) is -0.709. The van der Waals surface area contributed by atoms with Gasteiger partial charge in [0, 0.05) is 0 Å². The number of carbonyl (C=O) groups is 1. The smallest absolute Gasteiger partial charge is 0.433 e. The lowest BCUT2D eigenvalue weighted by Gasteiger charge is -2.05. The van der Waals surface area contributed by atoms with Crippen LogP contribution in [0.25, 0.3) is 0 Å². The highest BCUT2D eigenvalue weighted by molar-refractivity contribution is 5.85. The first-order valence-corrected chi connectivity index (χ1v) is 4.11. The van der Waals surface area contributed by atoms with Gasteiger partial charge in [-0.2, -0.15) is 0 Å². The molecule has 0 fully saturated rings. The van der Waals surface area contributed by atoms with Crippen molar-refractivity contribution in [3.63, 3.8) is 0 Å². The number of nitro groups is 1. The lowest BCUT2D eigenvalue weighted by atomic mass is 10.2. The third-order valence-electron chi connectivity index (χ3n) is 1.77. The first-order valence-electron chi connectivity index (χ1n) is 4.11. The normalized spacial score (nSPS) is 11.4. The van der Waals surface area contributed by atoms with Crippen LogP contribution in [0.15, 0.2) is 16.5 Å². The second-order valence-corrected chi connectivity index (χ2v) is 2.82. The number of halogens is 1. The third kappa shape index (κ3) is 3.52. The van der Waals surface area contributed by atoms with Gasteiger partial charge in [-0.05, 0) is 6.07 Å². The number of rotatable bonds is 4. The summed E-state index contributed by atoms with van der Waals surface area (Å²) < 4.78 is 9.22. The van der Waals surface area contributed by atoms with E-state index in [4.69, 9.17) is 10.2 Å². The van der Waals surface area contributed by atoms with E-state index < -0.39 is 22.8 Å². The molecule has 8 heteroatoms. The summed E-state index contributed by atoms with van der Waals surface area (Å²) in [4.78, 5) is 20.5. The predicted molar refractivity (Wildman–Crippen MR) is 56.2 cm³/mol. The molecule has 0 aliphatic heterocycles. The first-order chi connectivity index (χ1) is 7.04. The molecule has 0 aromatic carbocycles. The van der Waals surface area contributed by atoms with Crippen molar-refractivity contribution in [2.75, 3.05) is 7.11 Å². The number of ether oxygens (including phenoxy) is 1. The lowest BCUT2D eigenvalue weighted by molar-refractivity contribution is -0.402. The Morgan fingerprint density at radius 1 is 1.69 bits per heavy atom. The van der Waals surface area contributed by atoms with Crippen LogP contribution >= 0.6 is 12.4 Å². The van der Waals surface area contributed by atoms with Crippen molar-refractivity contribution >= 4 is 24.3 Å². The van der Waals surface area contributed by atoms with Crippen LogP contribution in [-0.2, 0) is 9.53 Å². The second kappa shape index (κ2) is 6.09. The Kier molecular flexibility index (Phi) is 5.48. The number of esters is 1. The molecule has 0 radical (unpaired) electrons. The number of furan rings is 1. The molecule has 0 unspecified atom stereocenters. The number of nitrogens with zero attached hydrogens (tertiary/aromatic N) is 1. The first kappa shape index (κ1) is 14.4. The van der Waals surface area contributed by atoms with Gasteiger partial charge >= 0.3 is 11.9 Å². The Balaban J connectivity index is 0.00000225. The van der Waals surface area contributed by atoms with Crippen molar-refractivity contribution in [1.29, 1.82) is 0 Å². The summed E-state index contributed by atoms with van der Waals surface area (Å²) in [5.41, 5.74) is 5.57. The van der Waals surface area contributed by atoms with Crippen molar-refractivity contribution in [2.24, 2.45) is 5.73 Å². The lowest BCUT2D eigenvalue weighted by Crippen LogP contribution is -2.15. The van der Waals surface area contributed by atoms with E-state index in [2.05, 4.69) is 4.74 Å². The molecule has 0 aliphatic carbocycles. The number of nitrogens with two attached hydrogens (primary N) is 1. The molecule has 90 valence electrons. The predicted octanol–water partition coefficient (Wildman–Crippen LogP) is 1.17. The molecule has 2 N–H and O–H groups in total. The molecule has 0 aliphatic rings. The Morgan fingerprint density at radius 2 is 2.31 bits per heavy atom. The average Bonchev–Trinajstić information content (AvgIpc) is 2.66. The third-order valence-corrected chi connectivity index (χ3v) is 1.77. The minimum atomic E-state index is -0.730. The van der Waals surface area contributed by atoms with Crippen molar-refractivity contribution < 1.29 is 18.9 Å². The Morgan fingerprint density at radius 3 is 2.75 bits per heavy atom. The summed E-state index contributed by atoms with van der Waals surface area (Å²) in [6, 6.07) is 1.82. The Labute approximate surface area is 97.1 Å². The summed E-state index contributed by atoms with van der Waals surface area (Å²) in [6.07, 6.45) is -0.0822. The number of hydrogen-bond acceptors (Lipinski definition) is 6. The number of carbonyl (C=O) groups excluding carboxylic acids is 1. The molecule has 0 saturated heterocycles. The molecule has 1 atom stereocenters. The van der Waals surface area contributed by atoms with E-state index in [9.17, 15) is 14.9 Å². The van der Waals surface area contributed by atoms with Gasteiger partial charge in [-0.1, -0.05) is 0 Å². The van der Waals surface area contributed by atoms with E-state index in [0.717, 1.165) is 0 Å². The molecular formula is C8H11ClN2O5. The number of hydrogen-bond donors (Lipinski definition) is 1. The fourth-order valence-corrected chi connectivity index (χ4v) is 1.00. The van der Waals surface area contributed by atoms with Crippen LogP contribution in [0.1, 0.15) is 18.2 Å². The minimum Gasteiger partial charge on any atom is -0.469 e. The van der Waals surface area contributed by atoms with Gasteiger partial charge in [-0.15, -0.1) is 12.4 Å². The van der Waals surface area contributed by atoms with Crippen molar-refractivity contribution in [3.05, 3.63) is 28.0 Å². The molecule has 16 heavy (non-hydrogen) atoms. The highest BCUT2D eigenvalue weighted by Crippen LogP contribution is 2.22. The zero-order chi connectivity index (χ0) is 11.4. The van der Waals surface area contributed by atoms with E-state index in [1.165, 1.54) is 19.2 Å². The molecular weight excluding hydrogens is 240 g/mol. The summed E-state index contributed by atoms with van der Waals surface area (Å²) in [7, 11) is 1.24. The maximum Gasteiger partial charge on any atom is 0.433 e. The number of methoxy groups -OCH3 is 1. The molecule has 1 aromatic rings. The van der Waals surface area contributed by atoms with E-state index in [-0.39, 0.29) is 24.6 Å². The van der Waals surface area contributed by atoms with Crippen LogP contribution in [0.4, 0.5) is 5.88 Å². The summed E-state index contributed by atoms with van der Waals surface area (Å²) >= 11 is 0. The zero-order valence-corrected chi connectivity index (χ0v) is 9.23. The standard InChI is InChI=1S/C8H10N2O5.ClH/c1-14-8(11)4-5(9)6-2-3-7(15-6)10(12)13;/h2-3,5H,4,9H2,1H3;1H/t5-;/m1./s1. The molecule has 0 bridgehead atoms. The molecule has 0 amide bonds. The second-order valence-electron chi connectivity index (χ2n) is 2.82. The van der Waals surface area contributed by atoms with Gasteiger partial charge in [0.25, 0.3) is 0 Å². The van der Waals surface area contributed by atoms with Crippen LogP contribution < -0.4 is 5.73 Å². The molecule has 0 spiro atoms. The molecule has 1 rings (SSSR count). The summed E-state index contributed by atoms with van der Waals surface area (Å²) in [6.45, 7) is 0. The van der Waals surface area contributed by atoms with Crippen LogP contribution in [-0.4, -0.2) is 18.0 Å². The molecule has 0 saturated carbocycles. The quantitative estimate of drug-likeness (QED) is 0.488. The van der Waals surface area contributed by atoms with E-state index >= 15 is 0 Å². The molecule has 1 aromatic heterocycles. The van der Waals surface area contributed by atoms with E-state index in [0.29, 0.717) is 0 Å². The van der Waals surface area contributed by atoms with Crippen LogP contribution in [0.3, 0.4) is 0 Å². The van der Waals surface area contributed by atoms with Gasteiger partial charge in [-0.25, -0.2) is 0 Å². The maximum absolute atomic E-state index is 10.9. The summed E-state index contributed by atoms with van der Waals surface area (Å²) in [5, 5.41) is 10.3.